The van der Waals surface area contributed by atoms with Gasteiger partial charge in [-0.3, -0.25) is 4.90 Å². The van der Waals surface area contributed by atoms with Crippen LogP contribution >= 0.6 is 11.8 Å². The molecule has 1 saturated heterocycles. The Morgan fingerprint density at radius 3 is 2.31 bits per heavy atom. The minimum absolute atomic E-state index is 0.0244. The third-order valence-electron chi connectivity index (χ3n) is 7.99. The van der Waals surface area contributed by atoms with Gasteiger partial charge in [0.05, 0.1) is 14.2 Å². The van der Waals surface area contributed by atoms with Crippen molar-refractivity contribution in [2.75, 3.05) is 33.1 Å². The number of carbonyl (C=O) groups is 2. The highest BCUT2D eigenvalue weighted by Gasteiger charge is 2.52. The number of carbonyl (C=O) groups excluding carboxylic acids is 2. The number of nitrogens with zero attached hydrogens (tertiary/aromatic N) is 4. The van der Waals surface area contributed by atoms with E-state index in [2.05, 4.69) is 9.88 Å². The number of rotatable bonds is 6. The average Bonchev–Trinajstić information content (AvgIpc) is 3.38. The summed E-state index contributed by atoms with van der Waals surface area (Å²) in [4.78, 5) is 39.6. The van der Waals surface area contributed by atoms with Gasteiger partial charge in [-0.1, -0.05) is 36.0 Å². The van der Waals surface area contributed by atoms with Crippen LogP contribution in [0.2, 0.25) is 0 Å². The number of ether oxygens (including phenoxy) is 4. The molecule has 2 aliphatic heterocycles. The lowest BCUT2D eigenvalue weighted by Crippen LogP contribution is -2.49. The summed E-state index contributed by atoms with van der Waals surface area (Å²) >= 11 is 1.31. The zero-order valence-electron chi connectivity index (χ0n) is 28.7. The molecular formula is C36H43FN4O6S. The third kappa shape index (κ3) is 7.76. The van der Waals surface area contributed by atoms with E-state index in [1.807, 2.05) is 42.5 Å². The fraction of sp³-hybridized carbons (Fsp3) is 0.444. The second-order valence-electron chi connectivity index (χ2n) is 13.9. The summed E-state index contributed by atoms with van der Waals surface area (Å²) in [5, 5.41) is 0.177. The van der Waals surface area contributed by atoms with E-state index < -0.39 is 34.9 Å². The molecule has 0 spiro atoms. The Morgan fingerprint density at radius 2 is 1.69 bits per heavy atom. The van der Waals surface area contributed by atoms with Crippen LogP contribution in [-0.2, 0) is 21.6 Å². The molecule has 1 aromatic heterocycles. The van der Waals surface area contributed by atoms with Crippen LogP contribution in [0.1, 0.15) is 52.7 Å². The highest BCUT2D eigenvalue weighted by atomic mass is 32.2. The molecule has 1 fully saturated rings. The van der Waals surface area contributed by atoms with Gasteiger partial charge in [-0.2, -0.15) is 9.29 Å². The topological polar surface area (TPSA) is 103 Å². The van der Waals surface area contributed by atoms with Crippen LogP contribution in [0.3, 0.4) is 0 Å². The zero-order valence-corrected chi connectivity index (χ0v) is 29.5. The van der Waals surface area contributed by atoms with Gasteiger partial charge in [-0.15, -0.1) is 0 Å². The lowest BCUT2D eigenvalue weighted by atomic mass is 9.81. The molecule has 0 radical (unpaired) electrons. The number of imide groups is 1. The molecule has 2 amide bonds. The van der Waals surface area contributed by atoms with Crippen molar-refractivity contribution in [3.05, 3.63) is 77.9 Å². The van der Waals surface area contributed by atoms with Crippen LogP contribution in [0.4, 0.5) is 14.0 Å². The molecule has 3 heterocycles. The quantitative estimate of drug-likeness (QED) is 0.245. The maximum atomic E-state index is 14.9. The summed E-state index contributed by atoms with van der Waals surface area (Å²) in [6, 6.07) is 16.7. The van der Waals surface area contributed by atoms with Crippen molar-refractivity contribution in [3.8, 4) is 22.6 Å². The minimum Gasteiger partial charge on any atom is -0.497 e. The number of amides is 2. The Bertz CT molecular complexity index is 1680. The number of benzene rings is 2. The van der Waals surface area contributed by atoms with Crippen LogP contribution in [0.25, 0.3) is 11.1 Å². The molecule has 2 atom stereocenters. The molecule has 2 aromatic carbocycles. The van der Waals surface area contributed by atoms with E-state index in [0.717, 1.165) is 16.0 Å². The molecule has 5 rings (SSSR count). The largest absolute Gasteiger partial charge is 0.497 e. The summed E-state index contributed by atoms with van der Waals surface area (Å²) in [5.41, 5.74) is 0.152. The number of aliphatic imine (C=N–C) groups is 1. The number of hydrogen-bond acceptors (Lipinski definition) is 10. The van der Waals surface area contributed by atoms with E-state index in [-0.39, 0.29) is 11.1 Å². The molecule has 0 bridgehead atoms. The van der Waals surface area contributed by atoms with Gasteiger partial charge in [0.15, 0.2) is 5.17 Å². The number of pyridine rings is 1. The fourth-order valence-corrected chi connectivity index (χ4v) is 7.18. The Labute approximate surface area is 285 Å². The van der Waals surface area contributed by atoms with Gasteiger partial charge in [-0.25, -0.2) is 19.6 Å². The summed E-state index contributed by atoms with van der Waals surface area (Å²) in [5.74, 6) is 1.34. The molecule has 0 N–H and O–H groups in total. The predicted molar refractivity (Wildman–Crippen MR) is 184 cm³/mol. The van der Waals surface area contributed by atoms with E-state index in [9.17, 15) is 14.0 Å². The second-order valence-corrected chi connectivity index (χ2v) is 14.9. The van der Waals surface area contributed by atoms with Crippen molar-refractivity contribution < 1.29 is 32.9 Å². The molecule has 12 heteroatoms. The lowest BCUT2D eigenvalue weighted by molar-refractivity contribution is 0.0150. The van der Waals surface area contributed by atoms with Crippen molar-refractivity contribution in [1.82, 2.24) is 14.8 Å². The first-order valence-electron chi connectivity index (χ1n) is 15.8. The number of hydrogen-bond donors (Lipinski definition) is 0. The first kappa shape index (κ1) is 35.2. The number of methoxy groups -OCH3 is 2. The molecule has 10 nitrogen and oxygen atoms in total. The molecule has 2 aliphatic rings. The molecule has 256 valence electrons. The van der Waals surface area contributed by atoms with E-state index in [4.69, 9.17) is 23.9 Å². The van der Waals surface area contributed by atoms with Gasteiger partial charge in [0.25, 0.3) is 0 Å². The number of likely N-dealkylation sites (tertiary alicyclic amines) is 1. The number of fused-ring (bicyclic) bond motifs is 1. The summed E-state index contributed by atoms with van der Waals surface area (Å²) in [6.45, 7) is 12.1. The van der Waals surface area contributed by atoms with E-state index >= 15 is 0 Å². The normalized spacial score (nSPS) is 19.6. The van der Waals surface area contributed by atoms with Gasteiger partial charge >= 0.3 is 12.2 Å². The van der Waals surface area contributed by atoms with Gasteiger partial charge in [-0.05, 0) is 76.9 Å². The van der Waals surface area contributed by atoms with Crippen LogP contribution in [0.15, 0.2) is 65.8 Å². The molecule has 48 heavy (non-hydrogen) atoms. The van der Waals surface area contributed by atoms with Crippen molar-refractivity contribution in [2.45, 2.75) is 64.8 Å². The standard InChI is InChI=1S/C36H43FN4O6S/c1-34(2,3)46-32(42)41(33(43)47-35(4,5)6)31-39-36(25-12-9-11-23(17-25)28-13-10-16-38-30(28)37)22-40(20-26(36)21-48-31)19-24-14-15-27(44-7)18-29(24)45-8/h9-18,26H,19-22H2,1-8H3/t26?,36-/m1/s1. The van der Waals surface area contributed by atoms with Crippen LogP contribution < -0.4 is 9.47 Å². The fourth-order valence-electron chi connectivity index (χ4n) is 5.95. The average molecular weight is 679 g/mol. The third-order valence-corrected chi connectivity index (χ3v) is 9.09. The van der Waals surface area contributed by atoms with Gasteiger partial charge in [0, 0.05) is 54.7 Å². The first-order chi connectivity index (χ1) is 22.6. The van der Waals surface area contributed by atoms with Crippen LogP contribution in [0.5, 0.6) is 11.5 Å². The number of halogens is 1. The minimum atomic E-state index is -0.905. The molecule has 1 unspecified atom stereocenters. The zero-order chi connectivity index (χ0) is 34.9. The summed E-state index contributed by atoms with van der Waals surface area (Å²) in [7, 11) is 3.24. The van der Waals surface area contributed by atoms with E-state index in [1.165, 1.54) is 18.0 Å². The number of aromatic nitrogens is 1. The van der Waals surface area contributed by atoms with Gasteiger partial charge in [0.2, 0.25) is 5.95 Å². The monoisotopic (exact) mass is 678 g/mol. The molecule has 0 saturated carbocycles. The van der Waals surface area contributed by atoms with Crippen molar-refractivity contribution in [3.63, 3.8) is 0 Å². The highest BCUT2D eigenvalue weighted by molar-refractivity contribution is 8.13. The molecular weight excluding hydrogens is 635 g/mol. The first-order valence-corrected chi connectivity index (χ1v) is 16.7. The Morgan fingerprint density at radius 1 is 0.979 bits per heavy atom. The Hall–Kier alpha value is -4.16. The SMILES string of the molecule is COc1ccc(CN2CC3CSC(N(C(=O)OC(C)(C)C)C(=O)OC(C)(C)C)=N[C@@]3(c3cccc(-c4cccnc4F)c3)C2)c(OC)c1. The number of thioether (sulfide) groups is 1. The smallest absolute Gasteiger partial charge is 0.426 e. The van der Waals surface area contributed by atoms with Crippen LogP contribution in [-0.4, -0.2) is 76.4 Å². The van der Waals surface area contributed by atoms with Gasteiger partial charge in [0.1, 0.15) is 28.2 Å². The van der Waals surface area contributed by atoms with Crippen LogP contribution in [0, 0.1) is 11.9 Å². The maximum Gasteiger partial charge on any atom is 0.426 e. The Kier molecular flexibility index (Phi) is 10.1. The van der Waals surface area contributed by atoms with Gasteiger partial charge < -0.3 is 18.9 Å². The van der Waals surface area contributed by atoms with Crippen molar-refractivity contribution in [2.24, 2.45) is 10.9 Å². The van der Waals surface area contributed by atoms with E-state index in [0.29, 0.717) is 48.0 Å². The summed E-state index contributed by atoms with van der Waals surface area (Å²) < 4.78 is 37.3. The molecule has 3 aromatic rings. The summed E-state index contributed by atoms with van der Waals surface area (Å²) in [6.07, 6.45) is -0.336. The maximum absolute atomic E-state index is 14.9. The van der Waals surface area contributed by atoms with Crippen molar-refractivity contribution in [1.29, 1.82) is 0 Å². The Balaban J connectivity index is 1.62. The van der Waals surface area contributed by atoms with Crippen molar-refractivity contribution >= 4 is 29.1 Å². The predicted octanol–water partition coefficient (Wildman–Crippen LogP) is 7.51. The van der Waals surface area contributed by atoms with E-state index in [1.54, 1.807) is 67.9 Å². The lowest BCUT2D eigenvalue weighted by Gasteiger charge is -2.38. The second kappa shape index (κ2) is 13.8. The molecule has 0 aliphatic carbocycles. The highest BCUT2D eigenvalue weighted by Crippen LogP contribution is 2.48. The number of amidine groups is 1.